The molecule has 0 amide bonds. The summed E-state index contributed by atoms with van der Waals surface area (Å²) in [6.45, 7) is 4.22. The van der Waals surface area contributed by atoms with E-state index < -0.39 is 13.0 Å². The van der Waals surface area contributed by atoms with Crippen LogP contribution in [0.5, 0.6) is 0 Å². The summed E-state index contributed by atoms with van der Waals surface area (Å²) in [6.07, 6.45) is -2.45. The van der Waals surface area contributed by atoms with E-state index in [2.05, 4.69) is 5.10 Å². The topological polar surface area (TPSA) is 34.9 Å². The van der Waals surface area contributed by atoms with Gasteiger partial charge in [-0.1, -0.05) is 0 Å². The van der Waals surface area contributed by atoms with Gasteiger partial charge in [-0.25, -0.2) is 8.78 Å². The second-order valence-corrected chi connectivity index (χ2v) is 3.18. The summed E-state index contributed by atoms with van der Waals surface area (Å²) in [5.74, 6) is -0.138. The van der Waals surface area contributed by atoms with Crippen molar-refractivity contribution in [3.63, 3.8) is 0 Å². The van der Waals surface area contributed by atoms with Crippen LogP contribution in [0.25, 0.3) is 0 Å². The summed E-state index contributed by atoms with van der Waals surface area (Å²) in [6, 6.07) is 0. The van der Waals surface area contributed by atoms with Crippen LogP contribution in [0, 0.1) is 13.8 Å². The van der Waals surface area contributed by atoms with E-state index >= 15 is 0 Å². The fourth-order valence-electron chi connectivity index (χ4n) is 1.51. The Hall–Kier alpha value is -1.26. The number of hydrogen-bond donors (Lipinski definition) is 0. The minimum absolute atomic E-state index is 0.138. The van der Waals surface area contributed by atoms with Crippen LogP contribution in [0.3, 0.4) is 0 Å². The van der Waals surface area contributed by atoms with Crippen molar-refractivity contribution in [1.29, 1.82) is 0 Å². The maximum absolute atomic E-state index is 12.1. The van der Waals surface area contributed by atoms with Crippen LogP contribution in [-0.2, 0) is 6.54 Å². The average molecular weight is 202 g/mol. The monoisotopic (exact) mass is 202 g/mol. The van der Waals surface area contributed by atoms with Gasteiger partial charge >= 0.3 is 0 Å². The van der Waals surface area contributed by atoms with E-state index in [9.17, 15) is 13.6 Å². The zero-order valence-corrected chi connectivity index (χ0v) is 8.34. The lowest BCUT2D eigenvalue weighted by Gasteiger charge is -2.02. The predicted octanol–water partition coefficient (Wildman–Crippen LogP) is 1.97. The van der Waals surface area contributed by atoms with Gasteiger partial charge in [0.1, 0.15) is 6.54 Å². The summed E-state index contributed by atoms with van der Waals surface area (Å²) in [4.78, 5) is 11.1. The van der Waals surface area contributed by atoms with E-state index in [1.165, 1.54) is 11.6 Å². The Morgan fingerprint density at radius 1 is 1.50 bits per heavy atom. The first-order valence-electron chi connectivity index (χ1n) is 4.26. The number of carbonyl (C=O) groups excluding carboxylic acids is 1. The molecule has 3 nitrogen and oxygen atoms in total. The Morgan fingerprint density at radius 3 is 2.43 bits per heavy atom. The number of rotatable bonds is 3. The molecule has 1 heterocycles. The highest BCUT2D eigenvalue weighted by atomic mass is 19.3. The van der Waals surface area contributed by atoms with Crippen LogP contribution in [-0.4, -0.2) is 22.0 Å². The minimum atomic E-state index is -2.45. The molecule has 0 fully saturated rings. The van der Waals surface area contributed by atoms with Gasteiger partial charge in [0.15, 0.2) is 5.78 Å². The quantitative estimate of drug-likeness (QED) is 0.702. The lowest BCUT2D eigenvalue weighted by molar-refractivity contribution is 0.101. The second kappa shape index (κ2) is 3.86. The van der Waals surface area contributed by atoms with Crippen molar-refractivity contribution >= 4 is 5.78 Å². The number of alkyl halides is 2. The van der Waals surface area contributed by atoms with Gasteiger partial charge in [-0.3, -0.25) is 9.48 Å². The van der Waals surface area contributed by atoms with Gasteiger partial charge in [0.05, 0.1) is 11.3 Å². The number of Topliss-reactive ketones (excluding diaryl/α,β-unsaturated/α-hetero) is 1. The molecule has 5 heteroatoms. The summed E-state index contributed by atoms with van der Waals surface area (Å²) in [5.41, 5.74) is 1.47. The fraction of sp³-hybridized carbons (Fsp3) is 0.556. The summed E-state index contributed by atoms with van der Waals surface area (Å²) >= 11 is 0. The van der Waals surface area contributed by atoms with Crippen molar-refractivity contribution in [2.45, 2.75) is 33.7 Å². The third-order valence-electron chi connectivity index (χ3n) is 2.04. The number of ketones is 1. The molecule has 1 rings (SSSR count). The van der Waals surface area contributed by atoms with E-state index in [4.69, 9.17) is 0 Å². The first kappa shape index (κ1) is 10.8. The first-order chi connectivity index (χ1) is 6.43. The van der Waals surface area contributed by atoms with Crippen molar-refractivity contribution in [2.24, 2.45) is 0 Å². The molecule has 0 saturated heterocycles. The van der Waals surface area contributed by atoms with Crippen molar-refractivity contribution in [3.05, 3.63) is 17.0 Å². The van der Waals surface area contributed by atoms with Crippen LogP contribution in [0.2, 0.25) is 0 Å². The molecule has 78 valence electrons. The Labute approximate surface area is 80.7 Å². The Balaban J connectivity index is 3.10. The van der Waals surface area contributed by atoms with Gasteiger partial charge in [-0.2, -0.15) is 5.10 Å². The number of nitrogens with zero attached hydrogens (tertiary/aromatic N) is 2. The van der Waals surface area contributed by atoms with Gasteiger partial charge in [0, 0.05) is 5.69 Å². The maximum atomic E-state index is 12.1. The highest BCUT2D eigenvalue weighted by molar-refractivity contribution is 5.96. The molecule has 0 bridgehead atoms. The number of aryl methyl sites for hydroxylation is 1. The number of hydrogen-bond acceptors (Lipinski definition) is 2. The van der Waals surface area contributed by atoms with Crippen LogP contribution in [0.1, 0.15) is 28.7 Å². The summed E-state index contributed by atoms with van der Waals surface area (Å²) in [7, 11) is 0. The second-order valence-electron chi connectivity index (χ2n) is 3.18. The summed E-state index contributed by atoms with van der Waals surface area (Å²) < 4.78 is 25.4. The lowest BCUT2D eigenvalue weighted by atomic mass is 10.1. The molecule has 0 spiro atoms. The van der Waals surface area contributed by atoms with E-state index in [0.717, 1.165) is 0 Å². The molecule has 0 saturated carbocycles. The fourth-order valence-corrected chi connectivity index (χ4v) is 1.51. The molecule has 14 heavy (non-hydrogen) atoms. The standard InChI is InChI=1S/C9H12F2N2O/c1-5-9(7(3)14)6(2)13(12-5)4-8(10)11/h8H,4H2,1-3H3. The molecular weight excluding hydrogens is 190 g/mol. The molecule has 0 aliphatic rings. The van der Waals surface area contributed by atoms with Crippen LogP contribution in [0.4, 0.5) is 8.78 Å². The smallest absolute Gasteiger partial charge is 0.257 e. The van der Waals surface area contributed by atoms with E-state index in [-0.39, 0.29) is 5.78 Å². The van der Waals surface area contributed by atoms with Crippen molar-refractivity contribution in [3.8, 4) is 0 Å². The summed E-state index contributed by atoms with van der Waals surface area (Å²) in [5, 5.41) is 3.89. The minimum Gasteiger partial charge on any atom is -0.294 e. The van der Waals surface area contributed by atoms with Crippen LogP contribution >= 0.6 is 0 Å². The normalized spacial score (nSPS) is 11.0. The molecule has 1 aromatic heterocycles. The van der Waals surface area contributed by atoms with Crippen molar-refractivity contribution < 1.29 is 13.6 Å². The van der Waals surface area contributed by atoms with Crippen molar-refractivity contribution in [1.82, 2.24) is 9.78 Å². The van der Waals surface area contributed by atoms with Gasteiger partial charge in [-0.15, -0.1) is 0 Å². The number of carbonyl (C=O) groups is 1. The SMILES string of the molecule is CC(=O)c1c(C)nn(CC(F)F)c1C. The van der Waals surface area contributed by atoms with E-state index in [1.807, 2.05) is 0 Å². The molecule has 0 unspecified atom stereocenters. The molecule has 0 aliphatic carbocycles. The number of halogens is 2. The molecule has 1 aromatic rings. The maximum Gasteiger partial charge on any atom is 0.257 e. The molecule has 0 aromatic carbocycles. The third kappa shape index (κ3) is 1.97. The molecule has 0 radical (unpaired) electrons. The van der Waals surface area contributed by atoms with Gasteiger partial charge < -0.3 is 0 Å². The van der Waals surface area contributed by atoms with E-state index in [1.54, 1.807) is 13.8 Å². The highest BCUT2D eigenvalue weighted by Crippen LogP contribution is 2.14. The first-order valence-corrected chi connectivity index (χ1v) is 4.26. The zero-order valence-electron chi connectivity index (χ0n) is 8.34. The molecule has 0 atom stereocenters. The largest absolute Gasteiger partial charge is 0.294 e. The Bertz CT molecular complexity index is 358. The van der Waals surface area contributed by atoms with Gasteiger partial charge in [0.25, 0.3) is 6.43 Å². The van der Waals surface area contributed by atoms with Crippen LogP contribution in [0.15, 0.2) is 0 Å². The molecule has 0 aliphatic heterocycles. The Morgan fingerprint density at radius 2 is 2.07 bits per heavy atom. The molecular formula is C9H12F2N2O. The Kier molecular flexibility index (Phi) is 2.98. The lowest BCUT2D eigenvalue weighted by Crippen LogP contribution is -2.10. The van der Waals surface area contributed by atoms with Crippen molar-refractivity contribution in [2.75, 3.05) is 0 Å². The average Bonchev–Trinajstić information content (AvgIpc) is 2.25. The molecule has 0 N–H and O–H groups in total. The van der Waals surface area contributed by atoms with Crippen LogP contribution < -0.4 is 0 Å². The third-order valence-corrected chi connectivity index (χ3v) is 2.04. The predicted molar refractivity (Wildman–Crippen MR) is 47.7 cm³/mol. The number of aromatic nitrogens is 2. The van der Waals surface area contributed by atoms with E-state index in [0.29, 0.717) is 17.0 Å². The van der Waals surface area contributed by atoms with Gasteiger partial charge in [-0.05, 0) is 20.8 Å². The van der Waals surface area contributed by atoms with Gasteiger partial charge in [0.2, 0.25) is 0 Å². The highest BCUT2D eigenvalue weighted by Gasteiger charge is 2.16. The zero-order chi connectivity index (χ0) is 10.9.